The van der Waals surface area contributed by atoms with Gasteiger partial charge >= 0.3 is 0 Å². The largest absolute Gasteiger partial charge is 0.373 e. The van der Waals surface area contributed by atoms with Crippen molar-refractivity contribution in [3.63, 3.8) is 0 Å². The van der Waals surface area contributed by atoms with Gasteiger partial charge in [0.15, 0.2) is 0 Å². The van der Waals surface area contributed by atoms with Gasteiger partial charge in [0.2, 0.25) is 0 Å². The molecule has 0 bridgehead atoms. The van der Waals surface area contributed by atoms with Gasteiger partial charge in [0.1, 0.15) is 0 Å². The van der Waals surface area contributed by atoms with Crippen molar-refractivity contribution in [2.24, 2.45) is 29.6 Å². The maximum atomic E-state index is 6.04. The van der Waals surface area contributed by atoms with Crippen LogP contribution >= 0.6 is 0 Å². The van der Waals surface area contributed by atoms with Gasteiger partial charge in [-0.2, -0.15) is 0 Å². The van der Waals surface area contributed by atoms with Crippen LogP contribution in [-0.4, -0.2) is 12.7 Å². The number of hydrogen-bond acceptors (Lipinski definition) is 1. The maximum absolute atomic E-state index is 6.04. The Balaban J connectivity index is 1.75. The molecule has 1 aliphatic heterocycles. The summed E-state index contributed by atoms with van der Waals surface area (Å²) >= 11 is 0. The Morgan fingerprint density at radius 1 is 1.11 bits per heavy atom. The van der Waals surface area contributed by atoms with Crippen molar-refractivity contribution in [2.75, 3.05) is 6.61 Å². The van der Waals surface area contributed by atoms with E-state index in [2.05, 4.69) is 20.1 Å². The molecule has 0 N–H and O–H groups in total. The van der Waals surface area contributed by atoms with E-state index in [1.165, 1.54) is 38.5 Å². The SMILES string of the molecule is C=CC(=C)C1CC2C(CCC3C(C)CCCC32)CO1. The summed E-state index contributed by atoms with van der Waals surface area (Å²) in [7, 11) is 0. The van der Waals surface area contributed by atoms with E-state index in [9.17, 15) is 0 Å². The Hall–Kier alpha value is -0.560. The summed E-state index contributed by atoms with van der Waals surface area (Å²) in [5.41, 5.74) is 1.09. The average Bonchev–Trinajstić information content (AvgIpc) is 2.46. The quantitative estimate of drug-likeness (QED) is 0.659. The minimum absolute atomic E-state index is 0.245. The Bertz CT molecular complexity index is 359. The topological polar surface area (TPSA) is 9.23 Å². The number of hydrogen-bond donors (Lipinski definition) is 0. The summed E-state index contributed by atoms with van der Waals surface area (Å²) in [5, 5.41) is 0. The van der Waals surface area contributed by atoms with Crippen molar-refractivity contribution in [2.45, 2.75) is 51.6 Å². The molecule has 0 aromatic rings. The van der Waals surface area contributed by atoms with Crippen molar-refractivity contribution in [1.82, 2.24) is 0 Å². The lowest BCUT2D eigenvalue weighted by atomic mass is 9.57. The molecule has 3 rings (SSSR count). The van der Waals surface area contributed by atoms with Crippen LogP contribution in [0, 0.1) is 29.6 Å². The smallest absolute Gasteiger partial charge is 0.0822 e. The van der Waals surface area contributed by atoms with Crippen LogP contribution in [0.3, 0.4) is 0 Å². The Morgan fingerprint density at radius 3 is 2.74 bits per heavy atom. The van der Waals surface area contributed by atoms with Crippen LogP contribution in [-0.2, 0) is 4.74 Å². The summed E-state index contributed by atoms with van der Waals surface area (Å²) in [6.45, 7) is 11.4. The second kappa shape index (κ2) is 5.44. The lowest BCUT2D eigenvalue weighted by molar-refractivity contribution is -0.0907. The molecular weight excluding hydrogens is 232 g/mol. The third-order valence-electron chi connectivity index (χ3n) is 6.18. The molecule has 1 nitrogen and oxygen atoms in total. The summed E-state index contributed by atoms with van der Waals surface area (Å²) in [4.78, 5) is 0. The lowest BCUT2D eigenvalue weighted by Crippen LogP contribution is -2.46. The number of fused-ring (bicyclic) bond motifs is 3. The highest BCUT2D eigenvalue weighted by Crippen LogP contribution is 2.52. The normalized spacial score (nSPS) is 45.9. The molecule has 0 spiro atoms. The zero-order valence-corrected chi connectivity index (χ0v) is 12.3. The fraction of sp³-hybridized carbons (Fsp3) is 0.778. The molecule has 1 heteroatoms. The highest BCUT2D eigenvalue weighted by molar-refractivity contribution is 5.18. The van der Waals surface area contributed by atoms with Gasteiger partial charge in [-0.3, -0.25) is 0 Å². The Kier molecular flexibility index (Phi) is 3.84. The maximum Gasteiger partial charge on any atom is 0.0822 e. The molecule has 3 aliphatic rings. The van der Waals surface area contributed by atoms with Gasteiger partial charge in [0, 0.05) is 0 Å². The predicted octanol–water partition coefficient (Wildman–Crippen LogP) is 4.60. The molecule has 19 heavy (non-hydrogen) atoms. The summed E-state index contributed by atoms with van der Waals surface area (Å²) in [6, 6.07) is 0. The van der Waals surface area contributed by atoms with Gasteiger partial charge in [-0.1, -0.05) is 39.0 Å². The summed E-state index contributed by atoms with van der Waals surface area (Å²) in [6.07, 6.45) is 10.5. The number of rotatable bonds is 2. The minimum Gasteiger partial charge on any atom is -0.373 e. The van der Waals surface area contributed by atoms with E-state index >= 15 is 0 Å². The van der Waals surface area contributed by atoms with Gasteiger partial charge in [0.05, 0.1) is 12.7 Å². The van der Waals surface area contributed by atoms with Gasteiger partial charge < -0.3 is 4.74 Å². The minimum atomic E-state index is 0.245. The van der Waals surface area contributed by atoms with E-state index in [0.29, 0.717) is 0 Å². The van der Waals surface area contributed by atoms with Crippen molar-refractivity contribution in [1.29, 1.82) is 0 Å². The molecule has 6 unspecified atom stereocenters. The van der Waals surface area contributed by atoms with E-state index in [-0.39, 0.29) is 6.10 Å². The van der Waals surface area contributed by atoms with Gasteiger partial charge in [-0.25, -0.2) is 0 Å². The average molecular weight is 260 g/mol. The second-order valence-corrected chi connectivity index (χ2v) is 7.07. The van der Waals surface area contributed by atoms with E-state index in [1.54, 1.807) is 0 Å². The fourth-order valence-electron chi connectivity index (χ4n) is 5.05. The molecule has 1 saturated heterocycles. The van der Waals surface area contributed by atoms with Gasteiger partial charge in [-0.05, 0) is 60.8 Å². The molecule has 2 saturated carbocycles. The third-order valence-corrected chi connectivity index (χ3v) is 6.18. The van der Waals surface area contributed by atoms with Crippen LogP contribution in [0.5, 0.6) is 0 Å². The molecule has 2 aliphatic carbocycles. The first-order valence-electron chi connectivity index (χ1n) is 8.13. The first kappa shape index (κ1) is 13.4. The zero-order valence-electron chi connectivity index (χ0n) is 12.3. The van der Waals surface area contributed by atoms with Crippen molar-refractivity contribution >= 4 is 0 Å². The van der Waals surface area contributed by atoms with E-state index in [4.69, 9.17) is 4.74 Å². The van der Waals surface area contributed by atoms with E-state index in [0.717, 1.165) is 41.8 Å². The molecule has 0 aromatic carbocycles. The molecule has 3 fully saturated rings. The van der Waals surface area contributed by atoms with Crippen LogP contribution in [0.2, 0.25) is 0 Å². The fourth-order valence-corrected chi connectivity index (χ4v) is 5.05. The Morgan fingerprint density at radius 2 is 1.95 bits per heavy atom. The molecule has 0 aromatic heterocycles. The van der Waals surface area contributed by atoms with Gasteiger partial charge in [0.25, 0.3) is 0 Å². The molecule has 6 atom stereocenters. The van der Waals surface area contributed by atoms with Crippen molar-refractivity contribution in [3.8, 4) is 0 Å². The first-order valence-corrected chi connectivity index (χ1v) is 8.13. The zero-order chi connectivity index (χ0) is 13.4. The lowest BCUT2D eigenvalue weighted by Gasteiger charge is -2.51. The number of ether oxygens (including phenoxy) is 1. The molecule has 1 heterocycles. The van der Waals surface area contributed by atoms with Crippen LogP contribution in [0.1, 0.15) is 45.4 Å². The standard InChI is InChI=1S/C18H28O/c1-4-12(2)18-10-17-14(11-19-18)8-9-15-13(3)6-5-7-16(15)17/h4,13-18H,1-2,5-11H2,3H3. The summed E-state index contributed by atoms with van der Waals surface area (Å²) < 4.78 is 6.04. The van der Waals surface area contributed by atoms with Crippen LogP contribution in [0.4, 0.5) is 0 Å². The van der Waals surface area contributed by atoms with Crippen LogP contribution in [0.25, 0.3) is 0 Å². The Labute approximate surface area is 118 Å². The van der Waals surface area contributed by atoms with Crippen molar-refractivity contribution in [3.05, 3.63) is 24.8 Å². The van der Waals surface area contributed by atoms with Crippen LogP contribution < -0.4 is 0 Å². The van der Waals surface area contributed by atoms with Gasteiger partial charge in [-0.15, -0.1) is 0 Å². The monoisotopic (exact) mass is 260 g/mol. The van der Waals surface area contributed by atoms with E-state index < -0.39 is 0 Å². The highest BCUT2D eigenvalue weighted by Gasteiger charge is 2.45. The highest BCUT2D eigenvalue weighted by atomic mass is 16.5. The third kappa shape index (κ3) is 2.42. The predicted molar refractivity (Wildman–Crippen MR) is 79.9 cm³/mol. The molecule has 0 amide bonds. The molecule has 106 valence electrons. The molecular formula is C18H28O. The second-order valence-electron chi connectivity index (χ2n) is 7.07. The van der Waals surface area contributed by atoms with Crippen molar-refractivity contribution < 1.29 is 4.74 Å². The van der Waals surface area contributed by atoms with Crippen LogP contribution in [0.15, 0.2) is 24.8 Å². The van der Waals surface area contributed by atoms with E-state index in [1.807, 2.05) is 6.08 Å². The first-order chi connectivity index (χ1) is 9.20. The molecule has 0 radical (unpaired) electrons. The summed E-state index contributed by atoms with van der Waals surface area (Å²) in [5.74, 6) is 4.61.